The highest BCUT2D eigenvalue weighted by Gasteiger charge is 2.19. The van der Waals surface area contributed by atoms with E-state index in [1.807, 2.05) is 32.0 Å². The van der Waals surface area contributed by atoms with Gasteiger partial charge in [0, 0.05) is 10.5 Å². The van der Waals surface area contributed by atoms with Crippen LogP contribution in [0.3, 0.4) is 0 Å². The van der Waals surface area contributed by atoms with Gasteiger partial charge in [-0.3, -0.25) is 4.79 Å². The van der Waals surface area contributed by atoms with E-state index in [1.54, 1.807) is 0 Å². The number of nitrogens with one attached hydrogen (secondary N) is 2. The molecular weight excluding hydrogens is 432 g/mol. The van der Waals surface area contributed by atoms with Gasteiger partial charge in [0.1, 0.15) is 0 Å². The molecule has 1 aliphatic carbocycles. The standard InChI is InChI=1S/C18H23BrN4OS2/c1-11-8-9-15(14(19)10-11)21-16(24)12(2)25-18-23-22-17(26-18)20-13-6-4-3-5-7-13/h8-10,12-13H,3-7H2,1-2H3,(H,20,22)(H,21,24). The summed E-state index contributed by atoms with van der Waals surface area (Å²) in [7, 11) is 0. The minimum Gasteiger partial charge on any atom is -0.357 e. The minimum absolute atomic E-state index is 0.0449. The predicted molar refractivity (Wildman–Crippen MR) is 113 cm³/mol. The van der Waals surface area contributed by atoms with Crippen LogP contribution >= 0.6 is 39.0 Å². The highest BCUT2D eigenvalue weighted by atomic mass is 79.9. The van der Waals surface area contributed by atoms with Gasteiger partial charge in [-0.05, 0) is 60.3 Å². The Bertz CT molecular complexity index is 761. The van der Waals surface area contributed by atoms with Crippen LogP contribution in [0.15, 0.2) is 27.0 Å². The summed E-state index contributed by atoms with van der Waals surface area (Å²) < 4.78 is 1.70. The van der Waals surface area contributed by atoms with Crippen LogP contribution in [0.1, 0.15) is 44.6 Å². The normalized spacial score (nSPS) is 16.3. The smallest absolute Gasteiger partial charge is 0.237 e. The molecule has 1 saturated carbocycles. The van der Waals surface area contributed by atoms with Crippen LogP contribution in [0.2, 0.25) is 0 Å². The quantitative estimate of drug-likeness (QED) is 0.566. The zero-order valence-corrected chi connectivity index (χ0v) is 18.1. The third-order valence-corrected chi connectivity index (χ3v) is 7.06. The Kier molecular flexibility index (Phi) is 6.94. The third kappa shape index (κ3) is 5.44. The molecule has 140 valence electrons. The van der Waals surface area contributed by atoms with Crippen LogP contribution in [0.4, 0.5) is 10.8 Å². The maximum atomic E-state index is 12.5. The van der Waals surface area contributed by atoms with E-state index in [2.05, 4.69) is 36.8 Å². The summed E-state index contributed by atoms with van der Waals surface area (Å²) in [5.41, 5.74) is 1.93. The molecule has 26 heavy (non-hydrogen) atoms. The lowest BCUT2D eigenvalue weighted by atomic mass is 9.96. The molecule has 1 amide bonds. The Morgan fingerprint density at radius 3 is 2.81 bits per heavy atom. The van der Waals surface area contributed by atoms with E-state index < -0.39 is 0 Å². The van der Waals surface area contributed by atoms with Gasteiger partial charge in [-0.1, -0.05) is 48.4 Å². The molecule has 3 rings (SSSR count). The van der Waals surface area contributed by atoms with E-state index >= 15 is 0 Å². The van der Waals surface area contributed by atoms with Crippen LogP contribution in [-0.4, -0.2) is 27.4 Å². The molecule has 1 aliphatic rings. The summed E-state index contributed by atoms with van der Waals surface area (Å²) in [6.07, 6.45) is 6.30. The molecule has 0 bridgehead atoms. The molecule has 1 unspecified atom stereocenters. The van der Waals surface area contributed by atoms with E-state index in [4.69, 9.17) is 0 Å². The zero-order valence-electron chi connectivity index (χ0n) is 14.9. The fourth-order valence-electron chi connectivity index (χ4n) is 2.90. The molecule has 2 aromatic rings. The van der Waals surface area contributed by atoms with Crippen molar-refractivity contribution >= 4 is 55.8 Å². The topological polar surface area (TPSA) is 66.9 Å². The van der Waals surface area contributed by atoms with Crippen molar-refractivity contribution in [3.63, 3.8) is 0 Å². The fourth-order valence-corrected chi connectivity index (χ4v) is 5.46. The van der Waals surface area contributed by atoms with Gasteiger partial charge >= 0.3 is 0 Å². The largest absolute Gasteiger partial charge is 0.357 e. The van der Waals surface area contributed by atoms with Gasteiger partial charge in [0.25, 0.3) is 0 Å². The zero-order chi connectivity index (χ0) is 18.5. The second kappa shape index (κ2) is 9.19. The fraction of sp³-hybridized carbons (Fsp3) is 0.500. The average molecular weight is 455 g/mol. The number of aryl methyl sites for hydroxylation is 1. The van der Waals surface area contributed by atoms with Crippen LogP contribution in [0.25, 0.3) is 0 Å². The predicted octanol–water partition coefficient (Wildman–Crippen LogP) is 5.47. The number of nitrogens with zero attached hydrogens (tertiary/aromatic N) is 2. The number of hydrogen-bond donors (Lipinski definition) is 2. The lowest BCUT2D eigenvalue weighted by Gasteiger charge is -2.21. The molecule has 0 spiro atoms. The van der Waals surface area contributed by atoms with Crippen molar-refractivity contribution in [1.29, 1.82) is 0 Å². The Hall–Kier alpha value is -1.12. The van der Waals surface area contributed by atoms with Crippen molar-refractivity contribution in [2.75, 3.05) is 10.6 Å². The van der Waals surface area contributed by atoms with E-state index in [-0.39, 0.29) is 11.2 Å². The van der Waals surface area contributed by atoms with Gasteiger partial charge in [-0.15, -0.1) is 10.2 Å². The highest BCUT2D eigenvalue weighted by molar-refractivity contribution is 9.10. The highest BCUT2D eigenvalue weighted by Crippen LogP contribution is 2.31. The molecular formula is C18H23BrN4OS2. The number of anilines is 2. The molecule has 1 heterocycles. The van der Waals surface area contributed by atoms with Gasteiger partial charge in [-0.25, -0.2) is 0 Å². The van der Waals surface area contributed by atoms with Crippen molar-refractivity contribution in [3.8, 4) is 0 Å². The average Bonchev–Trinajstić information content (AvgIpc) is 3.05. The number of thioether (sulfide) groups is 1. The Balaban J connectivity index is 1.53. The van der Waals surface area contributed by atoms with Crippen LogP contribution < -0.4 is 10.6 Å². The molecule has 2 N–H and O–H groups in total. The van der Waals surface area contributed by atoms with E-state index in [0.29, 0.717) is 6.04 Å². The van der Waals surface area contributed by atoms with Crippen LogP contribution in [0.5, 0.6) is 0 Å². The number of aromatic nitrogens is 2. The van der Waals surface area contributed by atoms with Crippen LogP contribution in [-0.2, 0) is 4.79 Å². The lowest BCUT2D eigenvalue weighted by Crippen LogP contribution is -2.22. The maximum Gasteiger partial charge on any atom is 0.237 e. The van der Waals surface area contributed by atoms with Gasteiger partial charge < -0.3 is 10.6 Å². The van der Waals surface area contributed by atoms with Crippen molar-refractivity contribution in [1.82, 2.24) is 10.2 Å². The molecule has 0 aliphatic heterocycles. The second-order valence-electron chi connectivity index (χ2n) is 6.59. The second-order valence-corrected chi connectivity index (χ2v) is 10.0. The summed E-state index contributed by atoms with van der Waals surface area (Å²) in [6, 6.07) is 6.38. The van der Waals surface area contributed by atoms with Crippen LogP contribution in [0, 0.1) is 6.92 Å². The number of carbonyl (C=O) groups excluding carboxylic acids is 1. The van der Waals surface area contributed by atoms with Crippen molar-refractivity contribution in [3.05, 3.63) is 28.2 Å². The summed E-state index contributed by atoms with van der Waals surface area (Å²) in [5, 5.41) is 15.5. The minimum atomic E-state index is -0.251. The third-order valence-electron chi connectivity index (χ3n) is 4.37. The first-order chi connectivity index (χ1) is 12.5. The first-order valence-electron chi connectivity index (χ1n) is 8.85. The van der Waals surface area contributed by atoms with E-state index in [1.165, 1.54) is 55.2 Å². The molecule has 0 radical (unpaired) electrons. The Labute approximate surface area is 170 Å². The van der Waals surface area contributed by atoms with Gasteiger partial charge in [0.15, 0.2) is 4.34 Å². The monoisotopic (exact) mass is 454 g/mol. The summed E-state index contributed by atoms with van der Waals surface area (Å²) >= 11 is 6.46. The van der Waals surface area contributed by atoms with Gasteiger partial charge in [0.05, 0.1) is 10.9 Å². The Morgan fingerprint density at radius 1 is 1.31 bits per heavy atom. The first-order valence-corrected chi connectivity index (χ1v) is 11.3. The van der Waals surface area contributed by atoms with E-state index in [0.717, 1.165) is 25.2 Å². The number of hydrogen-bond acceptors (Lipinski definition) is 6. The van der Waals surface area contributed by atoms with Gasteiger partial charge in [-0.2, -0.15) is 0 Å². The summed E-state index contributed by atoms with van der Waals surface area (Å²) in [4.78, 5) is 12.5. The Morgan fingerprint density at radius 2 is 2.08 bits per heavy atom. The number of benzene rings is 1. The first kappa shape index (κ1) is 19.6. The van der Waals surface area contributed by atoms with Crippen molar-refractivity contribution in [2.45, 2.75) is 61.6 Å². The van der Waals surface area contributed by atoms with Crippen molar-refractivity contribution < 1.29 is 4.79 Å². The summed E-state index contributed by atoms with van der Waals surface area (Å²) in [6.45, 7) is 3.90. The molecule has 1 aromatic carbocycles. The molecule has 5 nitrogen and oxygen atoms in total. The van der Waals surface area contributed by atoms with Crippen molar-refractivity contribution in [2.24, 2.45) is 0 Å². The van der Waals surface area contributed by atoms with E-state index in [9.17, 15) is 4.79 Å². The van der Waals surface area contributed by atoms with Gasteiger partial charge in [0.2, 0.25) is 11.0 Å². The summed E-state index contributed by atoms with van der Waals surface area (Å²) in [5.74, 6) is -0.0449. The molecule has 1 aromatic heterocycles. The molecule has 1 atom stereocenters. The lowest BCUT2D eigenvalue weighted by molar-refractivity contribution is -0.115. The number of carbonyl (C=O) groups is 1. The molecule has 1 fully saturated rings. The SMILES string of the molecule is Cc1ccc(NC(=O)C(C)Sc2nnc(NC3CCCCC3)s2)c(Br)c1. The molecule has 8 heteroatoms. The maximum absolute atomic E-state index is 12.5. The number of halogens is 1. The number of rotatable bonds is 6. The number of amides is 1. The molecule has 0 saturated heterocycles.